The third kappa shape index (κ3) is 3.96. The molecule has 2 unspecified atom stereocenters. The topological polar surface area (TPSA) is 41.1 Å². The van der Waals surface area contributed by atoms with Gasteiger partial charge in [-0.25, -0.2) is 0 Å². The maximum absolute atomic E-state index is 12.2. The van der Waals surface area contributed by atoms with Gasteiger partial charge >= 0.3 is 0 Å². The molecule has 2 atom stereocenters. The van der Waals surface area contributed by atoms with Gasteiger partial charge in [0.15, 0.2) is 0 Å². The molecule has 0 saturated heterocycles. The molecule has 3 rings (SSSR count). The van der Waals surface area contributed by atoms with Crippen molar-refractivity contribution in [1.29, 1.82) is 0 Å². The molecule has 1 aliphatic heterocycles. The van der Waals surface area contributed by atoms with Gasteiger partial charge in [-0.1, -0.05) is 47.0 Å². The zero-order chi connectivity index (χ0) is 14.8. The molecule has 0 bridgehead atoms. The zero-order valence-corrected chi connectivity index (χ0v) is 14.4. The van der Waals surface area contributed by atoms with Gasteiger partial charge in [0.1, 0.15) is 0 Å². The van der Waals surface area contributed by atoms with Crippen LogP contribution in [-0.2, 0) is 4.79 Å². The summed E-state index contributed by atoms with van der Waals surface area (Å²) in [5.74, 6) is 0.358. The van der Waals surface area contributed by atoms with E-state index in [1.165, 1.54) is 5.57 Å². The summed E-state index contributed by atoms with van der Waals surface area (Å²) in [7, 11) is 0. The Balaban J connectivity index is 0.00000176. The SMILES string of the molecule is Cl.O=C(NCC1=CCNCC1)C1CC1c1cccc(Cl)c1Cl. The Hall–Kier alpha value is -0.740. The van der Waals surface area contributed by atoms with Crippen molar-refractivity contribution in [2.45, 2.75) is 18.8 Å². The summed E-state index contributed by atoms with van der Waals surface area (Å²) in [4.78, 5) is 12.2. The van der Waals surface area contributed by atoms with Crippen LogP contribution in [0.3, 0.4) is 0 Å². The lowest BCUT2D eigenvalue weighted by Crippen LogP contribution is -2.30. The highest BCUT2D eigenvalue weighted by Gasteiger charge is 2.44. The van der Waals surface area contributed by atoms with Crippen molar-refractivity contribution < 1.29 is 4.79 Å². The lowest BCUT2D eigenvalue weighted by atomic mass is 10.1. The fourth-order valence-electron chi connectivity index (χ4n) is 2.80. The molecule has 1 heterocycles. The molecule has 0 aromatic heterocycles. The maximum atomic E-state index is 12.2. The molecular formula is C16H19Cl3N2O. The van der Waals surface area contributed by atoms with Gasteiger partial charge in [-0.05, 0) is 36.9 Å². The van der Waals surface area contributed by atoms with E-state index >= 15 is 0 Å². The van der Waals surface area contributed by atoms with E-state index in [0.29, 0.717) is 16.6 Å². The molecule has 2 N–H and O–H groups in total. The summed E-state index contributed by atoms with van der Waals surface area (Å²) in [6.45, 7) is 2.55. The third-order valence-corrected chi connectivity index (χ3v) is 4.99. The van der Waals surface area contributed by atoms with Gasteiger partial charge in [0.05, 0.1) is 10.0 Å². The standard InChI is InChI=1S/C16H18Cl2N2O.ClH/c17-14-3-1-2-11(15(14)18)12-8-13(12)16(21)20-9-10-4-6-19-7-5-10;/h1-4,12-13,19H,5-9H2,(H,20,21);1H. The number of carbonyl (C=O) groups excluding carboxylic acids is 1. The van der Waals surface area contributed by atoms with E-state index in [2.05, 4.69) is 16.7 Å². The second-order valence-corrected chi connectivity index (χ2v) is 6.41. The molecule has 1 aliphatic carbocycles. The van der Waals surface area contributed by atoms with Crippen molar-refractivity contribution in [1.82, 2.24) is 10.6 Å². The second-order valence-electron chi connectivity index (χ2n) is 5.63. The van der Waals surface area contributed by atoms with Crippen LogP contribution < -0.4 is 10.6 Å². The predicted molar refractivity (Wildman–Crippen MR) is 93.1 cm³/mol. The first-order chi connectivity index (χ1) is 10.2. The van der Waals surface area contributed by atoms with Crippen LogP contribution in [0.1, 0.15) is 24.3 Å². The first-order valence-corrected chi connectivity index (χ1v) is 8.02. The average molecular weight is 362 g/mol. The van der Waals surface area contributed by atoms with Gasteiger partial charge in [0.2, 0.25) is 5.91 Å². The minimum atomic E-state index is 0. The number of nitrogens with one attached hydrogen (secondary N) is 2. The number of hydrogen-bond donors (Lipinski definition) is 2. The smallest absolute Gasteiger partial charge is 0.224 e. The quantitative estimate of drug-likeness (QED) is 0.805. The molecule has 1 aromatic carbocycles. The molecule has 2 aliphatic rings. The number of carbonyl (C=O) groups is 1. The van der Waals surface area contributed by atoms with Crippen LogP contribution in [-0.4, -0.2) is 25.5 Å². The molecule has 0 spiro atoms. The van der Waals surface area contributed by atoms with E-state index in [1.54, 1.807) is 6.07 Å². The average Bonchev–Trinajstić information content (AvgIpc) is 3.29. The molecule has 22 heavy (non-hydrogen) atoms. The largest absolute Gasteiger partial charge is 0.352 e. The van der Waals surface area contributed by atoms with Crippen molar-refractivity contribution in [3.63, 3.8) is 0 Å². The first-order valence-electron chi connectivity index (χ1n) is 7.27. The summed E-state index contributed by atoms with van der Waals surface area (Å²) < 4.78 is 0. The van der Waals surface area contributed by atoms with E-state index < -0.39 is 0 Å². The normalized spacial score (nSPS) is 23.3. The number of halogens is 3. The Kier molecular flexibility index (Phi) is 6.16. The molecule has 1 amide bonds. The minimum absolute atomic E-state index is 0. The predicted octanol–water partition coefficient (Wildman–Crippen LogP) is 3.55. The minimum Gasteiger partial charge on any atom is -0.352 e. The van der Waals surface area contributed by atoms with Crippen LogP contribution in [0.25, 0.3) is 0 Å². The number of hydrogen-bond acceptors (Lipinski definition) is 2. The van der Waals surface area contributed by atoms with Gasteiger partial charge in [-0.3, -0.25) is 4.79 Å². The fraction of sp³-hybridized carbons (Fsp3) is 0.438. The summed E-state index contributed by atoms with van der Waals surface area (Å²) in [6, 6.07) is 5.62. The molecule has 120 valence electrons. The van der Waals surface area contributed by atoms with Crippen molar-refractivity contribution in [3.05, 3.63) is 45.5 Å². The number of rotatable bonds is 4. The Morgan fingerprint density at radius 3 is 2.91 bits per heavy atom. The van der Waals surface area contributed by atoms with Crippen LogP contribution in [0, 0.1) is 5.92 Å². The van der Waals surface area contributed by atoms with Crippen LogP contribution in [0.2, 0.25) is 10.0 Å². The lowest BCUT2D eigenvalue weighted by Gasteiger charge is -2.14. The van der Waals surface area contributed by atoms with Crippen LogP contribution in [0.5, 0.6) is 0 Å². The fourth-order valence-corrected chi connectivity index (χ4v) is 3.25. The van der Waals surface area contributed by atoms with E-state index in [1.807, 2.05) is 12.1 Å². The highest BCUT2D eigenvalue weighted by atomic mass is 35.5. The third-order valence-electron chi connectivity index (χ3n) is 4.16. The lowest BCUT2D eigenvalue weighted by molar-refractivity contribution is -0.122. The maximum Gasteiger partial charge on any atom is 0.224 e. The van der Waals surface area contributed by atoms with Crippen molar-refractivity contribution in [2.24, 2.45) is 5.92 Å². The van der Waals surface area contributed by atoms with E-state index in [0.717, 1.165) is 31.5 Å². The highest BCUT2D eigenvalue weighted by Crippen LogP contribution is 2.50. The summed E-state index contributed by atoms with van der Waals surface area (Å²) >= 11 is 12.2. The van der Waals surface area contributed by atoms with Crippen LogP contribution in [0.15, 0.2) is 29.8 Å². The van der Waals surface area contributed by atoms with Crippen LogP contribution >= 0.6 is 35.6 Å². The highest BCUT2D eigenvalue weighted by molar-refractivity contribution is 6.42. The summed E-state index contributed by atoms with van der Waals surface area (Å²) in [5.41, 5.74) is 2.30. The van der Waals surface area contributed by atoms with E-state index in [4.69, 9.17) is 23.2 Å². The summed E-state index contributed by atoms with van der Waals surface area (Å²) in [6.07, 6.45) is 4.02. The van der Waals surface area contributed by atoms with Crippen LogP contribution in [0.4, 0.5) is 0 Å². The van der Waals surface area contributed by atoms with Gasteiger partial charge < -0.3 is 10.6 Å². The van der Waals surface area contributed by atoms with Crippen molar-refractivity contribution in [3.8, 4) is 0 Å². The van der Waals surface area contributed by atoms with Crippen molar-refractivity contribution in [2.75, 3.05) is 19.6 Å². The zero-order valence-electron chi connectivity index (χ0n) is 12.1. The molecule has 1 fully saturated rings. The molecule has 1 aromatic rings. The first kappa shape index (κ1) is 17.6. The summed E-state index contributed by atoms with van der Waals surface area (Å²) in [5, 5.41) is 7.44. The van der Waals surface area contributed by atoms with Gasteiger partial charge in [0.25, 0.3) is 0 Å². The van der Waals surface area contributed by atoms with Crippen molar-refractivity contribution >= 4 is 41.5 Å². The molecule has 0 radical (unpaired) electrons. The Morgan fingerprint density at radius 1 is 1.36 bits per heavy atom. The molecule has 6 heteroatoms. The molecular weight excluding hydrogens is 343 g/mol. The van der Waals surface area contributed by atoms with Gasteiger partial charge in [-0.2, -0.15) is 0 Å². The molecule has 1 saturated carbocycles. The monoisotopic (exact) mass is 360 g/mol. The molecule has 3 nitrogen and oxygen atoms in total. The number of amides is 1. The Bertz CT molecular complexity index is 589. The Morgan fingerprint density at radius 2 is 2.18 bits per heavy atom. The second kappa shape index (κ2) is 7.69. The number of benzene rings is 1. The van der Waals surface area contributed by atoms with Gasteiger partial charge in [-0.15, -0.1) is 12.4 Å². The Labute approximate surface area is 146 Å². The van der Waals surface area contributed by atoms with Gasteiger partial charge in [0, 0.05) is 19.0 Å². The van der Waals surface area contributed by atoms with E-state index in [-0.39, 0.29) is 30.2 Å². The van der Waals surface area contributed by atoms with E-state index in [9.17, 15) is 4.79 Å².